The van der Waals surface area contributed by atoms with Crippen molar-refractivity contribution in [3.8, 4) is 0 Å². The number of aryl methyl sites for hydroxylation is 1. The summed E-state index contributed by atoms with van der Waals surface area (Å²) in [6, 6.07) is -0.629. The van der Waals surface area contributed by atoms with E-state index in [9.17, 15) is 4.79 Å². The SMILES string of the molecule is CCOC(=O)C1N=COC1c1cncn1C. The molecule has 0 N–H and O–H groups in total. The Morgan fingerprint density at radius 3 is 3.12 bits per heavy atom. The Kier molecular flexibility index (Phi) is 2.89. The predicted molar refractivity (Wildman–Crippen MR) is 55.9 cm³/mol. The zero-order valence-electron chi connectivity index (χ0n) is 9.16. The lowest BCUT2D eigenvalue weighted by Gasteiger charge is -2.16. The summed E-state index contributed by atoms with van der Waals surface area (Å²) >= 11 is 0. The molecule has 1 aliphatic rings. The summed E-state index contributed by atoms with van der Waals surface area (Å²) in [6.45, 7) is 2.10. The largest absolute Gasteiger partial charge is 0.471 e. The number of aromatic nitrogens is 2. The van der Waals surface area contributed by atoms with Gasteiger partial charge in [0.15, 0.2) is 18.5 Å². The smallest absolute Gasteiger partial charge is 0.335 e. The average Bonchev–Trinajstić information content (AvgIpc) is 2.85. The maximum atomic E-state index is 11.6. The Labute approximate surface area is 92.9 Å². The van der Waals surface area contributed by atoms with Crippen LogP contribution in [0.5, 0.6) is 0 Å². The van der Waals surface area contributed by atoms with Gasteiger partial charge in [0.2, 0.25) is 0 Å². The van der Waals surface area contributed by atoms with Crippen LogP contribution in [-0.4, -0.2) is 34.6 Å². The lowest BCUT2D eigenvalue weighted by molar-refractivity contribution is -0.146. The number of imidazole rings is 1. The standard InChI is InChI=1S/C10H13N3O3/c1-3-15-10(14)8-9(16-6-12-8)7-4-11-5-13(7)2/h4-6,8-9H,3H2,1-2H3. The first-order valence-electron chi connectivity index (χ1n) is 5.04. The van der Waals surface area contributed by atoms with Crippen LogP contribution in [0, 0.1) is 0 Å². The molecule has 86 valence electrons. The molecule has 0 radical (unpaired) electrons. The molecule has 6 nitrogen and oxygen atoms in total. The van der Waals surface area contributed by atoms with E-state index in [1.54, 1.807) is 24.0 Å². The van der Waals surface area contributed by atoms with Crippen LogP contribution in [0.1, 0.15) is 18.7 Å². The Hall–Kier alpha value is -1.85. The van der Waals surface area contributed by atoms with Gasteiger partial charge in [-0.3, -0.25) is 0 Å². The second-order valence-electron chi connectivity index (χ2n) is 3.44. The van der Waals surface area contributed by atoms with Crippen molar-refractivity contribution >= 4 is 12.4 Å². The van der Waals surface area contributed by atoms with E-state index in [0.717, 1.165) is 5.69 Å². The third-order valence-electron chi connectivity index (χ3n) is 2.39. The first-order chi connectivity index (χ1) is 7.74. The average molecular weight is 223 g/mol. The molecular weight excluding hydrogens is 210 g/mol. The van der Waals surface area contributed by atoms with Gasteiger partial charge in [0, 0.05) is 7.05 Å². The van der Waals surface area contributed by atoms with Crippen LogP contribution >= 0.6 is 0 Å². The summed E-state index contributed by atoms with van der Waals surface area (Å²) < 4.78 is 12.0. The Morgan fingerprint density at radius 1 is 1.69 bits per heavy atom. The van der Waals surface area contributed by atoms with Crippen molar-refractivity contribution in [2.75, 3.05) is 6.61 Å². The minimum atomic E-state index is -0.629. The van der Waals surface area contributed by atoms with Gasteiger partial charge in [0.1, 0.15) is 0 Å². The number of carbonyl (C=O) groups excluding carboxylic acids is 1. The fourth-order valence-electron chi connectivity index (χ4n) is 1.60. The fraction of sp³-hybridized carbons (Fsp3) is 0.500. The molecule has 0 saturated heterocycles. The predicted octanol–water partition coefficient (Wildman–Crippen LogP) is 0.451. The summed E-state index contributed by atoms with van der Waals surface area (Å²) in [7, 11) is 1.84. The summed E-state index contributed by atoms with van der Waals surface area (Å²) in [5, 5.41) is 0. The van der Waals surface area contributed by atoms with E-state index in [0.29, 0.717) is 6.61 Å². The van der Waals surface area contributed by atoms with Crippen molar-refractivity contribution in [2.24, 2.45) is 12.0 Å². The number of ether oxygens (including phenoxy) is 2. The van der Waals surface area contributed by atoms with Crippen LogP contribution in [0.2, 0.25) is 0 Å². The van der Waals surface area contributed by atoms with Gasteiger partial charge in [-0.05, 0) is 6.92 Å². The number of hydrogen-bond donors (Lipinski definition) is 0. The van der Waals surface area contributed by atoms with Gasteiger partial charge in [-0.25, -0.2) is 14.8 Å². The molecule has 0 spiro atoms. The number of carbonyl (C=O) groups is 1. The molecule has 0 bridgehead atoms. The molecule has 0 amide bonds. The van der Waals surface area contributed by atoms with Crippen LogP contribution in [0.25, 0.3) is 0 Å². The second kappa shape index (κ2) is 4.34. The number of hydrogen-bond acceptors (Lipinski definition) is 5. The quantitative estimate of drug-likeness (QED) is 0.698. The van der Waals surface area contributed by atoms with Gasteiger partial charge in [0.25, 0.3) is 0 Å². The van der Waals surface area contributed by atoms with E-state index in [1.807, 2.05) is 7.05 Å². The molecule has 1 aliphatic heterocycles. The van der Waals surface area contributed by atoms with E-state index in [4.69, 9.17) is 9.47 Å². The summed E-state index contributed by atoms with van der Waals surface area (Å²) in [5.41, 5.74) is 0.801. The van der Waals surface area contributed by atoms with Crippen molar-refractivity contribution in [1.82, 2.24) is 9.55 Å². The van der Waals surface area contributed by atoms with Gasteiger partial charge in [-0.1, -0.05) is 0 Å². The first-order valence-corrected chi connectivity index (χ1v) is 5.04. The van der Waals surface area contributed by atoms with E-state index in [2.05, 4.69) is 9.98 Å². The van der Waals surface area contributed by atoms with Crippen molar-refractivity contribution in [3.05, 3.63) is 18.2 Å². The lowest BCUT2D eigenvalue weighted by Crippen LogP contribution is -2.27. The maximum absolute atomic E-state index is 11.6. The summed E-state index contributed by atoms with van der Waals surface area (Å²) in [6.07, 6.45) is 4.16. The van der Waals surface area contributed by atoms with Gasteiger partial charge >= 0.3 is 5.97 Å². The fourth-order valence-corrected chi connectivity index (χ4v) is 1.60. The van der Waals surface area contributed by atoms with Gasteiger partial charge in [-0.15, -0.1) is 0 Å². The molecule has 2 rings (SSSR count). The molecule has 1 aromatic heterocycles. The number of aliphatic imine (C=N–C) groups is 1. The van der Waals surface area contributed by atoms with E-state index in [1.165, 1.54) is 6.40 Å². The van der Waals surface area contributed by atoms with Crippen LogP contribution in [0.4, 0.5) is 0 Å². The summed E-state index contributed by atoms with van der Waals surface area (Å²) in [4.78, 5) is 19.6. The van der Waals surface area contributed by atoms with Crippen LogP contribution in [0.15, 0.2) is 17.5 Å². The molecule has 0 saturated carbocycles. The molecule has 2 heterocycles. The molecule has 0 fully saturated rings. The molecule has 2 atom stereocenters. The maximum Gasteiger partial charge on any atom is 0.335 e. The molecule has 0 aliphatic carbocycles. The minimum Gasteiger partial charge on any atom is -0.471 e. The number of nitrogens with zero attached hydrogens (tertiary/aromatic N) is 3. The van der Waals surface area contributed by atoms with Crippen molar-refractivity contribution in [1.29, 1.82) is 0 Å². The zero-order chi connectivity index (χ0) is 11.5. The van der Waals surface area contributed by atoms with Crippen LogP contribution < -0.4 is 0 Å². The van der Waals surface area contributed by atoms with E-state index in [-0.39, 0.29) is 5.97 Å². The molecule has 1 aromatic rings. The third kappa shape index (κ3) is 1.78. The molecule has 0 aromatic carbocycles. The van der Waals surface area contributed by atoms with Crippen molar-refractivity contribution in [3.63, 3.8) is 0 Å². The van der Waals surface area contributed by atoms with Gasteiger partial charge in [0.05, 0.1) is 24.8 Å². The van der Waals surface area contributed by atoms with Gasteiger partial charge < -0.3 is 14.0 Å². The highest BCUT2D eigenvalue weighted by Crippen LogP contribution is 2.26. The Balaban J connectivity index is 2.17. The van der Waals surface area contributed by atoms with Crippen LogP contribution in [0.3, 0.4) is 0 Å². The zero-order valence-corrected chi connectivity index (χ0v) is 9.16. The van der Waals surface area contributed by atoms with Crippen molar-refractivity contribution in [2.45, 2.75) is 19.1 Å². The van der Waals surface area contributed by atoms with E-state index >= 15 is 0 Å². The summed E-state index contributed by atoms with van der Waals surface area (Å²) in [5.74, 6) is -0.373. The topological polar surface area (TPSA) is 65.7 Å². The molecule has 6 heteroatoms. The van der Waals surface area contributed by atoms with Gasteiger partial charge in [-0.2, -0.15) is 0 Å². The number of rotatable bonds is 3. The number of esters is 1. The molecule has 16 heavy (non-hydrogen) atoms. The second-order valence-corrected chi connectivity index (χ2v) is 3.44. The first kappa shape index (κ1) is 10.7. The third-order valence-corrected chi connectivity index (χ3v) is 2.39. The minimum absolute atomic E-state index is 0.336. The van der Waals surface area contributed by atoms with Crippen LogP contribution in [-0.2, 0) is 21.3 Å². The highest BCUT2D eigenvalue weighted by Gasteiger charge is 2.36. The highest BCUT2D eigenvalue weighted by atomic mass is 16.5. The molecular formula is C10H13N3O3. The Morgan fingerprint density at radius 2 is 2.50 bits per heavy atom. The monoisotopic (exact) mass is 223 g/mol. The molecule has 2 unspecified atom stereocenters. The normalized spacial score (nSPS) is 23.1. The van der Waals surface area contributed by atoms with E-state index < -0.39 is 12.1 Å². The van der Waals surface area contributed by atoms with Crippen molar-refractivity contribution < 1.29 is 14.3 Å². The Bertz CT molecular complexity index is 413. The highest BCUT2D eigenvalue weighted by molar-refractivity contribution is 5.80. The lowest BCUT2D eigenvalue weighted by atomic mass is 10.1.